The number of rotatable bonds is 4. The average Bonchev–Trinajstić information content (AvgIpc) is 3.22. The van der Waals surface area contributed by atoms with Crippen LogP contribution in [0, 0.1) is 0 Å². The van der Waals surface area contributed by atoms with Gasteiger partial charge < -0.3 is 9.73 Å². The summed E-state index contributed by atoms with van der Waals surface area (Å²) >= 11 is 0. The van der Waals surface area contributed by atoms with Gasteiger partial charge in [0.1, 0.15) is 16.9 Å². The van der Waals surface area contributed by atoms with Crippen molar-refractivity contribution in [2.45, 2.75) is 33.2 Å². The van der Waals surface area contributed by atoms with E-state index in [1.165, 1.54) is 0 Å². The molecule has 1 N–H and O–H groups in total. The van der Waals surface area contributed by atoms with E-state index in [-0.39, 0.29) is 11.8 Å². The van der Waals surface area contributed by atoms with Gasteiger partial charge in [0.05, 0.1) is 5.69 Å². The largest absolute Gasteiger partial charge is 0.456 e. The number of anilines is 1. The van der Waals surface area contributed by atoms with E-state index in [4.69, 9.17) is 4.42 Å². The molecule has 0 aliphatic rings. The van der Waals surface area contributed by atoms with Gasteiger partial charge in [0, 0.05) is 29.1 Å². The van der Waals surface area contributed by atoms with E-state index in [1.807, 2.05) is 55.5 Å². The van der Waals surface area contributed by atoms with E-state index in [0.717, 1.165) is 27.6 Å². The predicted octanol–water partition coefficient (Wildman–Crippen LogP) is 5.18. The van der Waals surface area contributed by atoms with Crippen LogP contribution < -0.4 is 5.32 Å². The lowest BCUT2D eigenvalue weighted by atomic mass is 10.1. The highest BCUT2D eigenvalue weighted by Gasteiger charge is 2.17. The van der Waals surface area contributed by atoms with Crippen molar-refractivity contribution in [1.29, 1.82) is 0 Å². The Morgan fingerprint density at radius 2 is 1.88 bits per heavy atom. The summed E-state index contributed by atoms with van der Waals surface area (Å²) in [4.78, 5) is 12.7. The second-order valence-corrected chi connectivity index (χ2v) is 6.69. The minimum absolute atomic E-state index is 0.165. The lowest BCUT2D eigenvalue weighted by molar-refractivity contribution is 0.101. The van der Waals surface area contributed by atoms with Crippen molar-refractivity contribution in [3.63, 3.8) is 0 Å². The van der Waals surface area contributed by atoms with Crippen LogP contribution in [0.3, 0.4) is 0 Å². The number of fused-ring (bicyclic) bond motifs is 3. The van der Waals surface area contributed by atoms with Crippen LogP contribution in [0.5, 0.6) is 0 Å². The highest BCUT2D eigenvalue weighted by Crippen LogP contribution is 2.30. The van der Waals surface area contributed by atoms with E-state index in [0.29, 0.717) is 17.9 Å². The first-order chi connectivity index (χ1) is 12.6. The minimum Gasteiger partial charge on any atom is -0.456 e. The summed E-state index contributed by atoms with van der Waals surface area (Å²) in [5.41, 5.74) is 3.80. The second-order valence-electron chi connectivity index (χ2n) is 6.69. The number of carbonyl (C=O) groups excluding carboxylic acids is 1. The Kier molecular flexibility index (Phi) is 3.99. The topological polar surface area (TPSA) is 60.1 Å². The zero-order chi connectivity index (χ0) is 18.3. The average molecular weight is 347 g/mol. The second kappa shape index (κ2) is 6.33. The summed E-state index contributed by atoms with van der Waals surface area (Å²) in [5, 5.41) is 9.58. The lowest BCUT2D eigenvalue weighted by Crippen LogP contribution is -2.17. The molecule has 0 saturated carbocycles. The molecule has 0 bridgehead atoms. The van der Waals surface area contributed by atoms with Crippen LogP contribution in [0.2, 0.25) is 0 Å². The maximum atomic E-state index is 12.7. The first-order valence-electron chi connectivity index (χ1n) is 8.87. The van der Waals surface area contributed by atoms with Crippen molar-refractivity contribution in [2.75, 3.05) is 5.32 Å². The molecule has 0 aliphatic carbocycles. The number of nitrogens with zero attached hydrogens (tertiary/aromatic N) is 2. The van der Waals surface area contributed by atoms with E-state index in [1.54, 1.807) is 4.68 Å². The Labute approximate surface area is 151 Å². The van der Waals surface area contributed by atoms with Gasteiger partial charge in [-0.3, -0.25) is 9.48 Å². The molecular weight excluding hydrogens is 326 g/mol. The summed E-state index contributed by atoms with van der Waals surface area (Å²) in [6.07, 6.45) is 0. The van der Waals surface area contributed by atoms with E-state index < -0.39 is 0 Å². The molecule has 1 amide bonds. The van der Waals surface area contributed by atoms with Gasteiger partial charge in [0.25, 0.3) is 5.91 Å². The zero-order valence-corrected chi connectivity index (χ0v) is 15.1. The van der Waals surface area contributed by atoms with Crippen LogP contribution in [0.25, 0.3) is 21.9 Å². The monoisotopic (exact) mass is 347 g/mol. The summed E-state index contributed by atoms with van der Waals surface area (Å²) in [6.45, 7) is 6.77. The van der Waals surface area contributed by atoms with E-state index in [9.17, 15) is 4.79 Å². The standard InChI is InChI=1S/C21H21N3O2/c1-4-24-18(12-17(23-24)13(2)3)21(25)22-14-9-10-16-15-7-5-6-8-19(15)26-20(16)11-14/h5-13H,4H2,1-3H3,(H,22,25). The molecule has 0 spiro atoms. The maximum Gasteiger partial charge on any atom is 0.273 e. The first kappa shape index (κ1) is 16.4. The van der Waals surface area contributed by atoms with Gasteiger partial charge in [0.2, 0.25) is 0 Å². The van der Waals surface area contributed by atoms with Crippen LogP contribution in [0.15, 0.2) is 52.9 Å². The van der Waals surface area contributed by atoms with Crippen molar-refractivity contribution < 1.29 is 9.21 Å². The third-order valence-corrected chi connectivity index (χ3v) is 4.56. The molecule has 4 aromatic rings. The third-order valence-electron chi connectivity index (χ3n) is 4.56. The number of benzene rings is 2. The Bertz CT molecular complexity index is 1110. The highest BCUT2D eigenvalue weighted by atomic mass is 16.3. The van der Waals surface area contributed by atoms with E-state index >= 15 is 0 Å². The minimum atomic E-state index is -0.165. The molecule has 4 rings (SSSR count). The van der Waals surface area contributed by atoms with E-state index in [2.05, 4.69) is 24.3 Å². The Balaban J connectivity index is 1.66. The predicted molar refractivity (Wildman–Crippen MR) is 104 cm³/mol. The molecule has 0 aliphatic heterocycles. The lowest BCUT2D eigenvalue weighted by Gasteiger charge is -2.06. The molecule has 2 heterocycles. The van der Waals surface area contributed by atoms with Crippen LogP contribution in [0.1, 0.15) is 42.9 Å². The number of furan rings is 1. The Hall–Kier alpha value is -3.08. The smallest absolute Gasteiger partial charge is 0.273 e. The van der Waals surface area contributed by atoms with Crippen LogP contribution in [-0.2, 0) is 6.54 Å². The van der Waals surface area contributed by atoms with Crippen molar-refractivity contribution in [1.82, 2.24) is 9.78 Å². The Morgan fingerprint density at radius 1 is 1.12 bits per heavy atom. The molecule has 2 aromatic heterocycles. The molecule has 132 valence electrons. The van der Waals surface area contributed by atoms with Crippen molar-refractivity contribution >= 4 is 33.5 Å². The molecule has 5 heteroatoms. The van der Waals surface area contributed by atoms with Crippen LogP contribution >= 0.6 is 0 Å². The van der Waals surface area contributed by atoms with Gasteiger partial charge >= 0.3 is 0 Å². The van der Waals surface area contributed by atoms with Gasteiger partial charge in [-0.2, -0.15) is 5.10 Å². The zero-order valence-electron chi connectivity index (χ0n) is 15.1. The molecule has 2 aromatic carbocycles. The number of aromatic nitrogens is 2. The fourth-order valence-corrected chi connectivity index (χ4v) is 3.14. The highest BCUT2D eigenvalue weighted by molar-refractivity contribution is 6.08. The van der Waals surface area contributed by atoms with Crippen molar-refractivity contribution in [3.05, 3.63) is 59.9 Å². The normalized spacial score (nSPS) is 11.5. The number of aryl methyl sites for hydroxylation is 1. The number of hydrogen-bond acceptors (Lipinski definition) is 3. The third kappa shape index (κ3) is 2.75. The molecule has 5 nitrogen and oxygen atoms in total. The fourth-order valence-electron chi connectivity index (χ4n) is 3.14. The van der Waals surface area contributed by atoms with Gasteiger partial charge in [0.15, 0.2) is 0 Å². The van der Waals surface area contributed by atoms with Crippen LogP contribution in [0.4, 0.5) is 5.69 Å². The number of para-hydroxylation sites is 1. The van der Waals surface area contributed by atoms with Gasteiger partial charge in [-0.1, -0.05) is 32.0 Å². The summed E-state index contributed by atoms with van der Waals surface area (Å²) in [6, 6.07) is 15.5. The molecule has 26 heavy (non-hydrogen) atoms. The van der Waals surface area contributed by atoms with Crippen LogP contribution in [-0.4, -0.2) is 15.7 Å². The molecule has 0 atom stereocenters. The quantitative estimate of drug-likeness (QED) is 0.553. The van der Waals surface area contributed by atoms with Crippen molar-refractivity contribution in [3.8, 4) is 0 Å². The Morgan fingerprint density at radius 3 is 2.65 bits per heavy atom. The van der Waals surface area contributed by atoms with Crippen molar-refractivity contribution in [2.24, 2.45) is 0 Å². The van der Waals surface area contributed by atoms with Gasteiger partial charge in [-0.15, -0.1) is 0 Å². The fraction of sp³-hybridized carbons (Fsp3) is 0.238. The number of amides is 1. The molecule has 0 fully saturated rings. The number of nitrogens with one attached hydrogen (secondary N) is 1. The maximum absolute atomic E-state index is 12.7. The number of hydrogen-bond donors (Lipinski definition) is 1. The molecule has 0 radical (unpaired) electrons. The number of carbonyl (C=O) groups is 1. The summed E-state index contributed by atoms with van der Waals surface area (Å²) < 4.78 is 7.63. The SMILES string of the molecule is CCn1nc(C(C)C)cc1C(=O)Nc1ccc2c(c1)oc1ccccc12. The molecular formula is C21H21N3O2. The molecule has 0 unspecified atom stereocenters. The molecule has 0 saturated heterocycles. The van der Waals surface area contributed by atoms with Gasteiger partial charge in [-0.05, 0) is 37.1 Å². The first-order valence-corrected chi connectivity index (χ1v) is 8.87. The summed E-state index contributed by atoms with van der Waals surface area (Å²) in [5.74, 6) is 0.114. The summed E-state index contributed by atoms with van der Waals surface area (Å²) in [7, 11) is 0. The van der Waals surface area contributed by atoms with Gasteiger partial charge in [-0.25, -0.2) is 0 Å².